The van der Waals surface area contributed by atoms with Crippen LogP contribution in [0.4, 0.5) is 0 Å². The number of halogens is 1. The fraction of sp³-hybridized carbons (Fsp3) is 0.400. The Morgan fingerprint density at radius 1 is 0.857 bits per heavy atom. The van der Waals surface area contributed by atoms with Crippen LogP contribution in [0.1, 0.15) is 29.0 Å². The Balaban J connectivity index is 1.69. The molecule has 3 saturated carbocycles. The van der Waals surface area contributed by atoms with Crippen molar-refractivity contribution in [2.75, 3.05) is 0 Å². The Morgan fingerprint density at radius 3 is 2.43 bits per heavy atom. The van der Waals surface area contributed by atoms with Crippen molar-refractivity contribution in [1.29, 1.82) is 0 Å². The largest absolute Gasteiger partial charge is 0.0881 e. The summed E-state index contributed by atoms with van der Waals surface area (Å²) >= 11 is 4.08. The minimum atomic E-state index is 0.352. The van der Waals surface area contributed by atoms with E-state index in [4.69, 9.17) is 0 Å². The summed E-state index contributed by atoms with van der Waals surface area (Å²) < 4.78 is 0. The summed E-state index contributed by atoms with van der Waals surface area (Å²) in [6, 6.07) is 20.7. The summed E-state index contributed by atoms with van der Waals surface area (Å²) in [7, 11) is 0. The molecule has 0 aromatic heterocycles. The second kappa shape index (κ2) is 3.46. The maximum atomic E-state index is 4.08. The van der Waals surface area contributed by atoms with Gasteiger partial charge in [0.2, 0.25) is 0 Å². The lowest BCUT2D eigenvalue weighted by atomic mass is 9.69. The van der Waals surface area contributed by atoms with Gasteiger partial charge in [-0.1, -0.05) is 70.5 Å². The number of hydrogen-bond donors (Lipinski definition) is 0. The lowest BCUT2D eigenvalue weighted by molar-refractivity contribution is 0.383. The third kappa shape index (κ3) is 1.05. The van der Waals surface area contributed by atoms with Gasteiger partial charge in [0, 0.05) is 16.2 Å². The molecule has 0 saturated heterocycles. The number of rotatable bonds is 1. The maximum absolute atomic E-state index is 4.08. The summed E-state index contributed by atoms with van der Waals surface area (Å²) in [5.74, 6) is 4.37. The number of benzene rings is 2. The normalized spacial score (nSPS) is 47.3. The van der Waals surface area contributed by atoms with E-state index < -0.39 is 0 Å². The molecule has 2 aromatic rings. The summed E-state index contributed by atoms with van der Waals surface area (Å²) in [5.41, 5.74) is 5.22. The molecular formula is C20H17Br. The van der Waals surface area contributed by atoms with Gasteiger partial charge in [-0.3, -0.25) is 0 Å². The Labute approximate surface area is 133 Å². The number of alkyl halides is 1. The van der Waals surface area contributed by atoms with E-state index in [1.807, 2.05) is 0 Å². The third-order valence-electron chi connectivity index (χ3n) is 7.03. The van der Waals surface area contributed by atoms with E-state index in [0.717, 1.165) is 29.6 Å². The zero-order valence-corrected chi connectivity index (χ0v) is 13.3. The van der Waals surface area contributed by atoms with Gasteiger partial charge in [0.25, 0.3) is 0 Å². The van der Waals surface area contributed by atoms with Crippen LogP contribution in [0.25, 0.3) is 0 Å². The van der Waals surface area contributed by atoms with E-state index in [2.05, 4.69) is 70.5 Å². The Hall–Kier alpha value is -1.08. The fourth-order valence-corrected chi connectivity index (χ4v) is 7.86. The van der Waals surface area contributed by atoms with Gasteiger partial charge in [-0.2, -0.15) is 0 Å². The average molecular weight is 337 g/mol. The van der Waals surface area contributed by atoms with Gasteiger partial charge >= 0.3 is 0 Å². The van der Waals surface area contributed by atoms with Crippen LogP contribution in [0.15, 0.2) is 54.6 Å². The average Bonchev–Trinajstić information content (AvgIpc) is 2.97. The molecule has 6 rings (SSSR count). The van der Waals surface area contributed by atoms with Gasteiger partial charge in [-0.15, -0.1) is 0 Å². The first kappa shape index (κ1) is 11.5. The van der Waals surface area contributed by atoms with Crippen LogP contribution in [0.5, 0.6) is 0 Å². The van der Waals surface area contributed by atoms with Crippen molar-refractivity contribution in [3.05, 3.63) is 71.3 Å². The van der Waals surface area contributed by atoms with Crippen molar-refractivity contribution in [1.82, 2.24) is 0 Å². The van der Waals surface area contributed by atoms with Crippen LogP contribution >= 0.6 is 15.9 Å². The monoisotopic (exact) mass is 336 g/mol. The highest BCUT2D eigenvalue weighted by Crippen LogP contribution is 2.84. The number of hydrogen-bond acceptors (Lipinski definition) is 0. The second-order valence-corrected chi connectivity index (χ2v) is 8.46. The molecule has 0 aliphatic heterocycles. The lowest BCUT2D eigenvalue weighted by Crippen LogP contribution is -2.28. The predicted molar refractivity (Wildman–Crippen MR) is 87.7 cm³/mol. The zero-order chi connectivity index (χ0) is 13.8. The zero-order valence-electron chi connectivity index (χ0n) is 11.7. The summed E-state index contributed by atoms with van der Waals surface area (Å²) in [6.07, 6.45) is 1.46. The molecule has 0 N–H and O–H groups in total. The molecule has 4 aliphatic rings. The van der Waals surface area contributed by atoms with Crippen LogP contribution in [0.2, 0.25) is 0 Å². The molecule has 0 radical (unpaired) electrons. The highest BCUT2D eigenvalue weighted by Gasteiger charge is 2.82. The first-order chi connectivity index (χ1) is 10.3. The Bertz CT molecular complexity index is 751. The molecule has 0 nitrogen and oxygen atoms in total. The summed E-state index contributed by atoms with van der Waals surface area (Å²) in [4.78, 5) is 0.706. The van der Waals surface area contributed by atoms with Gasteiger partial charge in [0.1, 0.15) is 0 Å². The van der Waals surface area contributed by atoms with E-state index in [1.165, 1.54) is 6.42 Å². The highest BCUT2D eigenvalue weighted by atomic mass is 79.9. The molecule has 0 spiro atoms. The van der Waals surface area contributed by atoms with Gasteiger partial charge in [0.15, 0.2) is 0 Å². The maximum Gasteiger partial charge on any atom is 0.0274 e. The van der Waals surface area contributed by atoms with Crippen LogP contribution in [0.3, 0.4) is 0 Å². The first-order valence-corrected chi connectivity index (χ1v) is 9.05. The van der Waals surface area contributed by atoms with Crippen molar-refractivity contribution < 1.29 is 0 Å². The molecule has 7 atom stereocenters. The van der Waals surface area contributed by atoms with Crippen molar-refractivity contribution >= 4 is 15.9 Å². The molecule has 4 aliphatic carbocycles. The molecule has 3 fully saturated rings. The van der Waals surface area contributed by atoms with Gasteiger partial charge in [-0.05, 0) is 46.8 Å². The van der Waals surface area contributed by atoms with Crippen molar-refractivity contribution in [2.45, 2.75) is 22.6 Å². The molecule has 0 amide bonds. The minimum Gasteiger partial charge on any atom is -0.0881 e. The van der Waals surface area contributed by atoms with Crippen LogP contribution in [-0.2, 0) is 5.41 Å². The quantitative estimate of drug-likeness (QED) is 0.660. The Kier molecular flexibility index (Phi) is 1.89. The summed E-state index contributed by atoms with van der Waals surface area (Å²) in [6.45, 7) is 0. The smallest absolute Gasteiger partial charge is 0.0274 e. The second-order valence-electron chi connectivity index (χ2n) is 7.41. The first-order valence-electron chi connectivity index (χ1n) is 8.14. The molecule has 0 heterocycles. The highest BCUT2D eigenvalue weighted by molar-refractivity contribution is 9.09. The molecule has 1 heteroatoms. The lowest BCUT2D eigenvalue weighted by Gasteiger charge is -2.35. The van der Waals surface area contributed by atoms with E-state index in [9.17, 15) is 0 Å². The molecule has 2 bridgehead atoms. The minimum absolute atomic E-state index is 0.352. The predicted octanol–water partition coefficient (Wildman–Crippen LogP) is 4.73. The topological polar surface area (TPSA) is 0 Å². The standard InChI is InChI=1S/C20H17Br/c21-19-14-10-13-16(19)12-8-4-5-9-15(12)20(17(13)18(14)20)11-6-2-1-3-7-11/h1-9,13-14,16-19H,10H2/t13-,14-,16-,17+,18+,19-,20?/m1/s1. The molecule has 1 unspecified atom stereocenters. The van der Waals surface area contributed by atoms with E-state index in [0.29, 0.717) is 10.2 Å². The molecule has 21 heavy (non-hydrogen) atoms. The van der Waals surface area contributed by atoms with E-state index >= 15 is 0 Å². The van der Waals surface area contributed by atoms with E-state index in [1.54, 1.807) is 16.7 Å². The fourth-order valence-electron chi connectivity index (χ4n) is 6.64. The van der Waals surface area contributed by atoms with Crippen molar-refractivity contribution in [3.8, 4) is 0 Å². The molecule has 104 valence electrons. The van der Waals surface area contributed by atoms with Gasteiger partial charge in [0.05, 0.1) is 0 Å². The van der Waals surface area contributed by atoms with Crippen LogP contribution in [-0.4, -0.2) is 4.83 Å². The molecule has 2 aromatic carbocycles. The van der Waals surface area contributed by atoms with Gasteiger partial charge < -0.3 is 0 Å². The van der Waals surface area contributed by atoms with Crippen LogP contribution < -0.4 is 0 Å². The third-order valence-corrected chi connectivity index (χ3v) is 8.28. The van der Waals surface area contributed by atoms with E-state index in [-0.39, 0.29) is 0 Å². The van der Waals surface area contributed by atoms with Gasteiger partial charge in [-0.25, -0.2) is 0 Å². The SMILES string of the molecule is Br[C@@H]1[C@@H]2C[C@@H]3[C@H]1c1ccccc1C1(c4ccccc4)[C@@H]3[C@H]21. The van der Waals surface area contributed by atoms with Crippen LogP contribution in [0, 0.1) is 23.7 Å². The number of fused-ring (bicyclic) bond motifs is 6. The molecular weight excluding hydrogens is 320 g/mol. The summed E-state index contributed by atoms with van der Waals surface area (Å²) in [5, 5.41) is 0. The Morgan fingerprint density at radius 2 is 1.57 bits per heavy atom. The van der Waals surface area contributed by atoms with Crippen molar-refractivity contribution in [3.63, 3.8) is 0 Å². The van der Waals surface area contributed by atoms with Crippen molar-refractivity contribution in [2.24, 2.45) is 23.7 Å².